The number of piperazine rings is 1. The van der Waals surface area contributed by atoms with Gasteiger partial charge in [0.2, 0.25) is 10.0 Å². The minimum Gasteiger partial charge on any atom is -0.364 e. The largest absolute Gasteiger partial charge is 0.364 e. The van der Waals surface area contributed by atoms with Gasteiger partial charge in [-0.3, -0.25) is 4.99 Å². The summed E-state index contributed by atoms with van der Waals surface area (Å²) in [6.07, 6.45) is 1.35. The standard InChI is InChI=1S/C16H29N5O5S2.HI/c1-16(2,3)27(22,23)12-6-18-15(17-4)20-7-9-21(10-8-20)28(24,25)13-14-5-11-26-19-14;/h5,11H,6-10,12-13H2,1-4H3,(H,17,18);1H. The number of nitrogens with zero attached hydrogens (tertiary/aromatic N) is 4. The van der Waals surface area contributed by atoms with E-state index in [1.54, 1.807) is 27.8 Å². The second kappa shape index (κ2) is 10.4. The third-order valence-electron chi connectivity index (χ3n) is 4.55. The highest BCUT2D eigenvalue weighted by Crippen LogP contribution is 2.15. The Kier molecular flexibility index (Phi) is 9.36. The molecular weight excluding hydrogens is 533 g/mol. The molecule has 0 bridgehead atoms. The fraction of sp³-hybridized carbons (Fsp3) is 0.750. The van der Waals surface area contributed by atoms with E-state index >= 15 is 0 Å². The summed E-state index contributed by atoms with van der Waals surface area (Å²) in [7, 11) is -5.07. The van der Waals surface area contributed by atoms with Crippen LogP contribution in [-0.2, 0) is 25.6 Å². The Labute approximate surface area is 190 Å². The molecule has 1 saturated heterocycles. The van der Waals surface area contributed by atoms with Gasteiger partial charge in [-0.2, -0.15) is 4.31 Å². The van der Waals surface area contributed by atoms with Crippen molar-refractivity contribution in [3.05, 3.63) is 18.0 Å². The van der Waals surface area contributed by atoms with Crippen molar-refractivity contribution < 1.29 is 21.4 Å². The Morgan fingerprint density at radius 3 is 2.31 bits per heavy atom. The SMILES string of the molecule is CN=C(NCCS(=O)(=O)C(C)(C)C)N1CCN(S(=O)(=O)Cc2ccon2)CC1.I. The molecule has 1 N–H and O–H groups in total. The number of halogens is 1. The van der Waals surface area contributed by atoms with E-state index in [4.69, 9.17) is 0 Å². The van der Waals surface area contributed by atoms with Gasteiger partial charge in [-0.1, -0.05) is 5.16 Å². The molecule has 1 aromatic rings. The van der Waals surface area contributed by atoms with Crippen LogP contribution in [0.2, 0.25) is 0 Å². The van der Waals surface area contributed by atoms with Crippen molar-refractivity contribution in [3.63, 3.8) is 0 Å². The number of hydrogen-bond donors (Lipinski definition) is 1. The van der Waals surface area contributed by atoms with Crippen LogP contribution in [0.1, 0.15) is 26.5 Å². The van der Waals surface area contributed by atoms with Crippen LogP contribution in [0.5, 0.6) is 0 Å². The van der Waals surface area contributed by atoms with Crippen molar-refractivity contribution in [2.24, 2.45) is 4.99 Å². The zero-order chi connectivity index (χ0) is 21.0. The van der Waals surface area contributed by atoms with Crippen LogP contribution in [0.15, 0.2) is 21.8 Å². The van der Waals surface area contributed by atoms with Crippen LogP contribution in [0.25, 0.3) is 0 Å². The van der Waals surface area contributed by atoms with Crippen molar-refractivity contribution >= 4 is 49.8 Å². The lowest BCUT2D eigenvalue weighted by molar-refractivity contribution is 0.260. The molecule has 29 heavy (non-hydrogen) atoms. The van der Waals surface area contributed by atoms with Gasteiger partial charge in [-0.05, 0) is 20.8 Å². The van der Waals surface area contributed by atoms with Gasteiger partial charge in [-0.15, -0.1) is 24.0 Å². The molecule has 1 aromatic heterocycles. The third-order valence-corrected chi connectivity index (χ3v) is 8.97. The lowest BCUT2D eigenvalue weighted by atomic mass is 10.3. The quantitative estimate of drug-likeness (QED) is 0.302. The number of rotatable bonds is 6. The lowest BCUT2D eigenvalue weighted by Crippen LogP contribution is -2.54. The van der Waals surface area contributed by atoms with Crippen LogP contribution < -0.4 is 5.32 Å². The second-order valence-electron chi connectivity index (χ2n) is 7.54. The summed E-state index contributed by atoms with van der Waals surface area (Å²) in [4.78, 5) is 6.11. The summed E-state index contributed by atoms with van der Waals surface area (Å²) in [6, 6.07) is 1.53. The van der Waals surface area contributed by atoms with Crippen molar-refractivity contribution in [1.29, 1.82) is 0 Å². The molecule has 2 heterocycles. The Morgan fingerprint density at radius 2 is 1.83 bits per heavy atom. The van der Waals surface area contributed by atoms with E-state index in [0.29, 0.717) is 37.8 Å². The number of nitrogens with one attached hydrogen (secondary N) is 1. The van der Waals surface area contributed by atoms with Gasteiger partial charge in [0, 0.05) is 45.8 Å². The molecule has 1 aliphatic rings. The highest BCUT2D eigenvalue weighted by atomic mass is 127. The van der Waals surface area contributed by atoms with E-state index < -0.39 is 24.6 Å². The van der Waals surface area contributed by atoms with Crippen molar-refractivity contribution in [2.45, 2.75) is 31.3 Å². The molecule has 0 radical (unpaired) electrons. The second-order valence-corrected chi connectivity index (χ2v) is 12.4. The average Bonchev–Trinajstić information content (AvgIpc) is 3.10. The molecule has 0 spiro atoms. The molecule has 0 amide bonds. The molecule has 10 nitrogen and oxygen atoms in total. The number of hydrogen-bond acceptors (Lipinski definition) is 7. The van der Waals surface area contributed by atoms with Gasteiger partial charge in [-0.25, -0.2) is 16.8 Å². The molecular formula is C16H30IN5O5S2. The number of sulfonamides is 1. The highest BCUT2D eigenvalue weighted by Gasteiger charge is 2.30. The van der Waals surface area contributed by atoms with E-state index in [1.165, 1.54) is 16.6 Å². The Hall–Kier alpha value is -0.930. The van der Waals surface area contributed by atoms with Crippen LogP contribution in [0, 0.1) is 0 Å². The summed E-state index contributed by atoms with van der Waals surface area (Å²) in [5.41, 5.74) is 0.375. The molecule has 13 heteroatoms. The van der Waals surface area contributed by atoms with Gasteiger partial charge in [0.25, 0.3) is 0 Å². The normalized spacial score (nSPS) is 17.1. The topological polar surface area (TPSA) is 125 Å². The molecule has 1 fully saturated rings. The molecule has 0 unspecified atom stereocenters. The molecule has 0 saturated carbocycles. The maximum absolute atomic E-state index is 12.5. The average molecular weight is 563 g/mol. The Balaban J connectivity index is 0.00000420. The monoisotopic (exact) mass is 563 g/mol. The van der Waals surface area contributed by atoms with Crippen molar-refractivity contribution in [1.82, 2.24) is 19.7 Å². The van der Waals surface area contributed by atoms with Gasteiger partial charge in [0.05, 0.1) is 16.2 Å². The smallest absolute Gasteiger partial charge is 0.220 e. The maximum Gasteiger partial charge on any atom is 0.220 e. The minimum atomic E-state index is -3.47. The van der Waals surface area contributed by atoms with Crippen LogP contribution in [0.3, 0.4) is 0 Å². The number of sulfone groups is 1. The van der Waals surface area contributed by atoms with E-state index in [-0.39, 0.29) is 42.0 Å². The summed E-state index contributed by atoms with van der Waals surface area (Å²) in [5.74, 6) is 0.376. The summed E-state index contributed by atoms with van der Waals surface area (Å²) in [5, 5.41) is 6.72. The molecule has 0 atom stereocenters. The number of aromatic nitrogens is 1. The number of aliphatic imine (C=N–C) groups is 1. The lowest BCUT2D eigenvalue weighted by Gasteiger charge is -2.35. The van der Waals surface area contributed by atoms with Crippen LogP contribution in [0.4, 0.5) is 0 Å². The van der Waals surface area contributed by atoms with E-state index in [0.717, 1.165) is 0 Å². The molecule has 168 valence electrons. The first-order chi connectivity index (χ1) is 13.0. The zero-order valence-electron chi connectivity index (χ0n) is 17.2. The van der Waals surface area contributed by atoms with Crippen LogP contribution >= 0.6 is 24.0 Å². The fourth-order valence-electron chi connectivity index (χ4n) is 2.70. The maximum atomic E-state index is 12.5. The molecule has 2 rings (SSSR count). The predicted molar refractivity (Wildman–Crippen MR) is 123 cm³/mol. The van der Waals surface area contributed by atoms with Crippen molar-refractivity contribution in [3.8, 4) is 0 Å². The van der Waals surface area contributed by atoms with Gasteiger partial charge in [0.1, 0.15) is 12.0 Å². The zero-order valence-corrected chi connectivity index (χ0v) is 21.1. The van der Waals surface area contributed by atoms with E-state index in [9.17, 15) is 16.8 Å². The van der Waals surface area contributed by atoms with Gasteiger partial charge < -0.3 is 14.7 Å². The van der Waals surface area contributed by atoms with Crippen molar-refractivity contribution in [2.75, 3.05) is 45.5 Å². The first-order valence-corrected chi connectivity index (χ1v) is 12.3. The summed E-state index contributed by atoms with van der Waals surface area (Å²) in [6.45, 7) is 6.84. The van der Waals surface area contributed by atoms with Gasteiger partial charge >= 0.3 is 0 Å². The highest BCUT2D eigenvalue weighted by molar-refractivity contribution is 14.0. The predicted octanol–water partition coefficient (Wildman–Crippen LogP) is 0.529. The first kappa shape index (κ1) is 26.1. The van der Waals surface area contributed by atoms with E-state index in [2.05, 4.69) is 20.0 Å². The fourth-order valence-corrected chi connectivity index (χ4v) is 5.11. The summed E-state index contributed by atoms with van der Waals surface area (Å²) >= 11 is 0. The minimum absolute atomic E-state index is 0. The van der Waals surface area contributed by atoms with E-state index in [1.807, 2.05) is 4.90 Å². The molecule has 0 aliphatic carbocycles. The van der Waals surface area contributed by atoms with Crippen LogP contribution in [-0.4, -0.2) is 87.4 Å². The first-order valence-electron chi connectivity index (χ1n) is 9.01. The Morgan fingerprint density at radius 1 is 1.21 bits per heavy atom. The number of guanidine groups is 1. The molecule has 0 aromatic carbocycles. The summed E-state index contributed by atoms with van der Waals surface area (Å²) < 4.78 is 54.7. The molecule has 1 aliphatic heterocycles. The van der Waals surface area contributed by atoms with Gasteiger partial charge in [0.15, 0.2) is 15.8 Å². The third kappa shape index (κ3) is 7.07. The Bertz CT molecular complexity index is 871.